The van der Waals surface area contributed by atoms with Crippen molar-refractivity contribution in [3.05, 3.63) is 21.9 Å². The van der Waals surface area contributed by atoms with E-state index in [0.717, 1.165) is 19.6 Å². The van der Waals surface area contributed by atoms with E-state index in [2.05, 4.69) is 42.0 Å². The third-order valence-corrected chi connectivity index (χ3v) is 5.55. The van der Waals surface area contributed by atoms with Crippen LogP contribution >= 0.6 is 11.3 Å². The molecule has 1 aromatic heterocycles. The summed E-state index contributed by atoms with van der Waals surface area (Å²) in [4.78, 5) is 6.63. The maximum Gasteiger partial charge on any atom is 0.0567 e. The minimum absolute atomic E-state index is 0.416. The van der Waals surface area contributed by atoms with Crippen LogP contribution in [0.3, 0.4) is 0 Å². The van der Waals surface area contributed by atoms with Crippen molar-refractivity contribution in [1.82, 2.24) is 9.80 Å². The largest absolute Gasteiger partial charge is 0.329 e. The summed E-state index contributed by atoms with van der Waals surface area (Å²) in [6.45, 7) is 12.2. The number of aryl methyl sites for hydroxylation is 1. The summed E-state index contributed by atoms with van der Waals surface area (Å²) in [6, 6.07) is 3.33. The van der Waals surface area contributed by atoms with Crippen LogP contribution in [0.25, 0.3) is 0 Å². The van der Waals surface area contributed by atoms with Gasteiger partial charge in [0, 0.05) is 43.6 Å². The van der Waals surface area contributed by atoms with Gasteiger partial charge in [-0.05, 0) is 37.3 Å². The zero-order valence-corrected chi connectivity index (χ0v) is 13.2. The van der Waals surface area contributed by atoms with Crippen molar-refractivity contribution in [3.8, 4) is 0 Å². The van der Waals surface area contributed by atoms with E-state index in [9.17, 15) is 0 Å². The molecule has 2 heterocycles. The first-order valence-electron chi connectivity index (χ1n) is 7.39. The molecule has 0 amide bonds. The molecule has 0 spiro atoms. The Balaban J connectivity index is 1.98. The number of hydrogen-bond acceptors (Lipinski definition) is 4. The Morgan fingerprint density at radius 1 is 1.26 bits per heavy atom. The van der Waals surface area contributed by atoms with Crippen molar-refractivity contribution in [1.29, 1.82) is 0 Å². The minimum Gasteiger partial charge on any atom is -0.329 e. The van der Waals surface area contributed by atoms with Crippen LogP contribution in [0.4, 0.5) is 0 Å². The Bertz CT molecular complexity index is 382. The van der Waals surface area contributed by atoms with Gasteiger partial charge in [0.15, 0.2) is 0 Å². The second-order valence-corrected chi connectivity index (χ2v) is 6.50. The molecule has 0 saturated carbocycles. The maximum atomic E-state index is 6.04. The second-order valence-electron chi connectivity index (χ2n) is 5.55. The zero-order chi connectivity index (χ0) is 13.8. The topological polar surface area (TPSA) is 32.5 Å². The molecule has 1 saturated heterocycles. The molecule has 0 aliphatic carbocycles. The highest BCUT2D eigenvalue weighted by Gasteiger charge is 2.26. The Labute approximate surface area is 121 Å². The van der Waals surface area contributed by atoms with Crippen molar-refractivity contribution >= 4 is 11.3 Å². The molecule has 0 bridgehead atoms. The molecule has 1 aliphatic rings. The van der Waals surface area contributed by atoms with Gasteiger partial charge in [-0.25, -0.2) is 0 Å². The number of piperazine rings is 1. The summed E-state index contributed by atoms with van der Waals surface area (Å²) in [7, 11) is 0. The number of nitrogens with two attached hydrogens (primary N) is 1. The molecule has 19 heavy (non-hydrogen) atoms. The molecule has 3 nitrogen and oxygen atoms in total. The monoisotopic (exact) mass is 281 g/mol. The number of thiophene rings is 1. The third-order valence-electron chi connectivity index (χ3n) is 4.43. The van der Waals surface area contributed by atoms with Crippen molar-refractivity contribution in [2.45, 2.75) is 39.3 Å². The van der Waals surface area contributed by atoms with E-state index in [1.54, 1.807) is 0 Å². The van der Waals surface area contributed by atoms with Crippen LogP contribution in [0.2, 0.25) is 0 Å². The third kappa shape index (κ3) is 3.37. The van der Waals surface area contributed by atoms with Crippen LogP contribution in [0.15, 0.2) is 11.4 Å². The van der Waals surface area contributed by atoms with Gasteiger partial charge in [0.25, 0.3) is 0 Å². The molecular formula is C15H27N3S. The molecule has 2 N–H and O–H groups in total. The molecule has 4 heteroatoms. The molecule has 2 atom stereocenters. The van der Waals surface area contributed by atoms with Crippen LogP contribution in [-0.2, 0) is 0 Å². The van der Waals surface area contributed by atoms with Gasteiger partial charge in [-0.3, -0.25) is 9.80 Å². The lowest BCUT2D eigenvalue weighted by Gasteiger charge is -2.41. The van der Waals surface area contributed by atoms with E-state index in [0.29, 0.717) is 12.1 Å². The second kappa shape index (κ2) is 6.84. The lowest BCUT2D eigenvalue weighted by Crippen LogP contribution is -2.51. The smallest absolute Gasteiger partial charge is 0.0567 e. The fraction of sp³-hybridized carbons (Fsp3) is 0.733. The van der Waals surface area contributed by atoms with E-state index in [1.165, 1.54) is 30.0 Å². The van der Waals surface area contributed by atoms with E-state index in [1.807, 2.05) is 11.3 Å². The van der Waals surface area contributed by atoms with Crippen LogP contribution in [0.1, 0.15) is 36.8 Å². The van der Waals surface area contributed by atoms with Gasteiger partial charge in [0.1, 0.15) is 0 Å². The minimum atomic E-state index is 0.416. The predicted molar refractivity (Wildman–Crippen MR) is 83.8 cm³/mol. The standard InChI is InChI=1S/C15H27N3S/c1-4-13(3)17-6-8-18(9-7-17)14(11-16)15-12(2)5-10-19-15/h5,10,13-14H,4,6-9,11,16H2,1-3H3. The Morgan fingerprint density at radius 2 is 1.89 bits per heavy atom. The van der Waals surface area contributed by atoms with Crippen molar-refractivity contribution in [2.75, 3.05) is 32.7 Å². The highest BCUT2D eigenvalue weighted by Crippen LogP contribution is 2.29. The molecule has 2 unspecified atom stereocenters. The van der Waals surface area contributed by atoms with E-state index in [4.69, 9.17) is 5.73 Å². The molecule has 108 valence electrons. The number of rotatable bonds is 5. The highest BCUT2D eigenvalue weighted by molar-refractivity contribution is 7.10. The molecule has 1 aromatic rings. The van der Waals surface area contributed by atoms with Gasteiger partial charge in [0.2, 0.25) is 0 Å². The Kier molecular flexibility index (Phi) is 5.39. The van der Waals surface area contributed by atoms with Gasteiger partial charge < -0.3 is 5.73 Å². The first-order valence-corrected chi connectivity index (χ1v) is 8.27. The SMILES string of the molecule is CCC(C)N1CCN(C(CN)c2sccc2C)CC1. The maximum absolute atomic E-state index is 6.04. The van der Waals surface area contributed by atoms with Crippen LogP contribution in [-0.4, -0.2) is 48.6 Å². The fourth-order valence-electron chi connectivity index (χ4n) is 2.90. The summed E-state index contributed by atoms with van der Waals surface area (Å²) in [5.41, 5.74) is 7.43. The molecular weight excluding hydrogens is 254 g/mol. The molecule has 1 fully saturated rings. The highest BCUT2D eigenvalue weighted by atomic mass is 32.1. The van der Waals surface area contributed by atoms with Gasteiger partial charge in [-0.1, -0.05) is 6.92 Å². The Morgan fingerprint density at radius 3 is 2.37 bits per heavy atom. The fourth-order valence-corrected chi connectivity index (χ4v) is 3.97. The van der Waals surface area contributed by atoms with Gasteiger partial charge in [-0.15, -0.1) is 11.3 Å². The van der Waals surface area contributed by atoms with Crippen molar-refractivity contribution in [2.24, 2.45) is 5.73 Å². The van der Waals surface area contributed by atoms with E-state index < -0.39 is 0 Å². The first-order chi connectivity index (χ1) is 9.17. The molecule has 1 aliphatic heterocycles. The van der Waals surface area contributed by atoms with Gasteiger partial charge in [0.05, 0.1) is 6.04 Å². The first kappa shape index (κ1) is 15.0. The number of hydrogen-bond donors (Lipinski definition) is 1. The lowest BCUT2D eigenvalue weighted by atomic mass is 10.1. The normalized spacial score (nSPS) is 21.5. The predicted octanol–water partition coefficient (Wildman–Crippen LogP) is 2.47. The summed E-state index contributed by atoms with van der Waals surface area (Å²) >= 11 is 1.85. The summed E-state index contributed by atoms with van der Waals surface area (Å²) in [5.74, 6) is 0. The summed E-state index contributed by atoms with van der Waals surface area (Å²) < 4.78 is 0. The van der Waals surface area contributed by atoms with Gasteiger partial charge in [-0.2, -0.15) is 0 Å². The Hall–Kier alpha value is -0.420. The van der Waals surface area contributed by atoms with Crippen molar-refractivity contribution < 1.29 is 0 Å². The van der Waals surface area contributed by atoms with E-state index >= 15 is 0 Å². The van der Waals surface area contributed by atoms with Crippen LogP contribution in [0, 0.1) is 6.92 Å². The quantitative estimate of drug-likeness (QED) is 0.900. The van der Waals surface area contributed by atoms with Crippen molar-refractivity contribution in [3.63, 3.8) is 0 Å². The molecule has 0 radical (unpaired) electrons. The molecule has 2 rings (SSSR count). The summed E-state index contributed by atoms with van der Waals surface area (Å²) in [5, 5.41) is 2.18. The van der Waals surface area contributed by atoms with E-state index in [-0.39, 0.29) is 0 Å². The van der Waals surface area contributed by atoms with Gasteiger partial charge >= 0.3 is 0 Å². The summed E-state index contributed by atoms with van der Waals surface area (Å²) in [6.07, 6.45) is 1.24. The molecule has 0 aromatic carbocycles. The average Bonchev–Trinajstić information content (AvgIpc) is 2.86. The zero-order valence-electron chi connectivity index (χ0n) is 12.4. The van der Waals surface area contributed by atoms with Crippen LogP contribution in [0.5, 0.6) is 0 Å². The number of nitrogens with zero attached hydrogens (tertiary/aromatic N) is 2. The van der Waals surface area contributed by atoms with Crippen LogP contribution < -0.4 is 5.73 Å². The average molecular weight is 281 g/mol. The lowest BCUT2D eigenvalue weighted by molar-refractivity contribution is 0.0752.